The topological polar surface area (TPSA) is 70.8 Å². The maximum atomic E-state index is 11.0. The van der Waals surface area contributed by atoms with Crippen LogP contribution in [0.2, 0.25) is 0 Å². The van der Waals surface area contributed by atoms with Gasteiger partial charge >= 0.3 is 23.9 Å². The molecule has 0 spiro atoms. The normalized spacial score (nSPS) is 10.7. The Labute approximate surface area is 142 Å². The Kier molecular flexibility index (Phi) is 11.2. The van der Waals surface area contributed by atoms with Crippen LogP contribution in [0.4, 0.5) is 0 Å². The monoisotopic (exact) mass is 390 g/mol. The molecule has 2 aromatic carbocycles. The van der Waals surface area contributed by atoms with Gasteiger partial charge in [-0.25, -0.2) is 0 Å². The van der Waals surface area contributed by atoms with Crippen LogP contribution < -0.4 is 0 Å². The molecule has 0 fully saturated rings. The van der Waals surface area contributed by atoms with Crippen molar-refractivity contribution in [1.82, 2.24) is 0 Å². The van der Waals surface area contributed by atoms with Gasteiger partial charge in [0.2, 0.25) is 0 Å². The molecule has 0 unspecified atom stereocenters. The van der Waals surface area contributed by atoms with Gasteiger partial charge in [-0.1, -0.05) is 75.5 Å². The van der Waals surface area contributed by atoms with E-state index in [-0.39, 0.29) is 50.2 Å². The summed E-state index contributed by atoms with van der Waals surface area (Å²) in [7, 11) is 0. The van der Waals surface area contributed by atoms with Gasteiger partial charge in [-0.2, -0.15) is 0 Å². The second-order valence-electron chi connectivity index (χ2n) is 3.61. The average Bonchev–Trinajstić information content (AvgIpc) is 2.46. The number of rotatable bonds is 3. The second-order valence-corrected chi connectivity index (χ2v) is 3.61. The standard InChI is InChI=1S/C14H12N2O2.2CH4.Sn/c17-15-13(11-7-3-1-4-8-11)14(16-18)12-9-5-2-6-10-12;;;/h1-10,17-18H;2*1H4;/q;;;+2/p-2/b15-13+,16-14+;;;. The summed E-state index contributed by atoms with van der Waals surface area (Å²) in [5.74, 6) is 0. The zero-order chi connectivity index (χ0) is 12.8. The van der Waals surface area contributed by atoms with Crippen LogP contribution in [0, 0.1) is 10.4 Å². The third-order valence-electron chi connectivity index (χ3n) is 2.50. The van der Waals surface area contributed by atoms with E-state index in [2.05, 4.69) is 10.3 Å². The Balaban J connectivity index is 0. The Morgan fingerprint density at radius 1 is 0.619 bits per heavy atom. The van der Waals surface area contributed by atoms with Crippen LogP contribution in [0.25, 0.3) is 0 Å². The van der Waals surface area contributed by atoms with E-state index in [1.54, 1.807) is 48.5 Å². The van der Waals surface area contributed by atoms with Crippen LogP contribution in [0.5, 0.6) is 0 Å². The predicted octanol–water partition coefficient (Wildman–Crippen LogP) is 3.85. The first-order valence-corrected chi connectivity index (χ1v) is 5.38. The second kappa shape index (κ2) is 10.9. The van der Waals surface area contributed by atoms with Crippen LogP contribution in [0.15, 0.2) is 71.0 Å². The van der Waals surface area contributed by atoms with Crippen LogP contribution >= 0.6 is 0 Å². The van der Waals surface area contributed by atoms with Crippen LogP contribution in [-0.2, 0) is 0 Å². The van der Waals surface area contributed by atoms with Gasteiger partial charge in [-0.3, -0.25) is 0 Å². The zero-order valence-corrected chi connectivity index (χ0v) is 12.8. The van der Waals surface area contributed by atoms with E-state index >= 15 is 0 Å². The van der Waals surface area contributed by atoms with Gasteiger partial charge in [0.15, 0.2) is 0 Å². The molecule has 21 heavy (non-hydrogen) atoms. The van der Waals surface area contributed by atoms with E-state index in [0.717, 1.165) is 0 Å². The summed E-state index contributed by atoms with van der Waals surface area (Å²) in [6, 6.07) is 17.6. The molecule has 0 aliphatic carbocycles. The van der Waals surface area contributed by atoms with Gasteiger partial charge in [0.25, 0.3) is 0 Å². The Morgan fingerprint density at radius 3 is 1.14 bits per heavy atom. The first kappa shape index (κ1) is 21.5. The molecule has 2 aromatic rings. The minimum absolute atomic E-state index is 0. The van der Waals surface area contributed by atoms with Crippen LogP contribution in [-0.4, -0.2) is 35.3 Å². The molecule has 0 saturated carbocycles. The minimum atomic E-state index is 0. The molecule has 0 aliphatic rings. The van der Waals surface area contributed by atoms with E-state index in [4.69, 9.17) is 0 Å². The number of hydrogen-bond donors (Lipinski definition) is 0. The van der Waals surface area contributed by atoms with Crippen molar-refractivity contribution >= 4 is 35.3 Å². The zero-order valence-electron chi connectivity index (χ0n) is 9.98. The molecule has 0 aromatic heterocycles. The molecule has 108 valence electrons. The Hall–Kier alpha value is -1.82. The van der Waals surface area contributed by atoms with Gasteiger partial charge in [0.1, 0.15) is 0 Å². The van der Waals surface area contributed by atoms with Crippen molar-refractivity contribution in [3.05, 3.63) is 82.2 Å². The SMILES string of the molecule is C.C.[O-]/N=C(/C(=N/[O-])c1ccccc1)c1ccccc1.[Sn+2]. The van der Waals surface area contributed by atoms with Gasteiger partial charge in [0.05, 0.1) is 11.4 Å². The number of benzene rings is 2. The predicted molar refractivity (Wildman–Crippen MR) is 91.9 cm³/mol. The Morgan fingerprint density at radius 2 is 0.905 bits per heavy atom. The molecule has 5 heteroatoms. The van der Waals surface area contributed by atoms with Gasteiger partial charge in [0, 0.05) is 11.1 Å². The van der Waals surface area contributed by atoms with E-state index in [1.165, 1.54) is 0 Å². The molecular weight excluding hydrogens is 371 g/mol. The third-order valence-corrected chi connectivity index (χ3v) is 2.50. The van der Waals surface area contributed by atoms with Crippen LogP contribution in [0.3, 0.4) is 0 Å². The summed E-state index contributed by atoms with van der Waals surface area (Å²) in [4.78, 5) is 0. The van der Waals surface area contributed by atoms with E-state index in [1.807, 2.05) is 12.1 Å². The van der Waals surface area contributed by atoms with E-state index in [0.29, 0.717) is 11.1 Å². The van der Waals surface area contributed by atoms with Crippen molar-refractivity contribution in [2.75, 3.05) is 0 Å². The fraction of sp³-hybridized carbons (Fsp3) is 0.125. The van der Waals surface area contributed by atoms with Gasteiger partial charge < -0.3 is 20.7 Å². The molecule has 0 heterocycles. The van der Waals surface area contributed by atoms with E-state index < -0.39 is 0 Å². The maximum absolute atomic E-state index is 11.0. The molecular formula is C16H18N2O2Sn. The molecule has 4 nitrogen and oxygen atoms in total. The quantitative estimate of drug-likeness (QED) is 0.455. The fourth-order valence-corrected chi connectivity index (χ4v) is 1.66. The van der Waals surface area contributed by atoms with Crippen molar-refractivity contribution in [1.29, 1.82) is 0 Å². The Bertz CT molecular complexity index is 516. The van der Waals surface area contributed by atoms with Crippen molar-refractivity contribution < 1.29 is 0 Å². The maximum Gasteiger partial charge on any atom is 2.00 e. The molecule has 0 bridgehead atoms. The van der Waals surface area contributed by atoms with Gasteiger partial charge in [-0.15, -0.1) is 0 Å². The molecule has 0 aliphatic heterocycles. The molecule has 0 saturated heterocycles. The van der Waals surface area contributed by atoms with Crippen molar-refractivity contribution in [2.45, 2.75) is 14.9 Å². The first-order chi connectivity index (χ1) is 8.86. The molecule has 0 N–H and O–H groups in total. The van der Waals surface area contributed by atoms with E-state index in [9.17, 15) is 10.4 Å². The fourth-order valence-electron chi connectivity index (χ4n) is 1.66. The molecule has 2 radical (unpaired) electrons. The van der Waals surface area contributed by atoms with Crippen molar-refractivity contribution in [3.63, 3.8) is 0 Å². The molecule has 0 amide bonds. The summed E-state index contributed by atoms with van der Waals surface area (Å²) in [5, 5.41) is 27.8. The first-order valence-electron chi connectivity index (χ1n) is 5.38. The third kappa shape index (κ3) is 5.22. The average molecular weight is 389 g/mol. The minimum Gasteiger partial charge on any atom is -0.791 e. The van der Waals surface area contributed by atoms with Crippen molar-refractivity contribution in [2.24, 2.45) is 10.3 Å². The smallest absolute Gasteiger partial charge is 0.791 e. The number of nitrogens with zero attached hydrogens (tertiary/aromatic N) is 2. The molecule has 0 atom stereocenters. The largest absolute Gasteiger partial charge is 2.00 e. The summed E-state index contributed by atoms with van der Waals surface area (Å²) >= 11 is 0. The summed E-state index contributed by atoms with van der Waals surface area (Å²) < 4.78 is 0. The van der Waals surface area contributed by atoms with Crippen molar-refractivity contribution in [3.8, 4) is 0 Å². The summed E-state index contributed by atoms with van der Waals surface area (Å²) in [6.07, 6.45) is 0. The molecule has 2 rings (SSSR count). The van der Waals surface area contributed by atoms with Gasteiger partial charge in [-0.05, 0) is 0 Å². The van der Waals surface area contributed by atoms with Crippen LogP contribution in [0.1, 0.15) is 26.0 Å². The summed E-state index contributed by atoms with van der Waals surface area (Å²) in [5.41, 5.74) is 1.26. The number of hydrogen-bond acceptors (Lipinski definition) is 4. The summed E-state index contributed by atoms with van der Waals surface area (Å²) in [6.45, 7) is 0.